The highest BCUT2D eigenvalue weighted by Crippen LogP contribution is 2.15. The van der Waals surface area contributed by atoms with E-state index in [9.17, 15) is 4.79 Å². The fourth-order valence-electron chi connectivity index (χ4n) is 2.22. The lowest BCUT2D eigenvalue weighted by Crippen LogP contribution is -2.51. The molecule has 1 unspecified atom stereocenters. The first-order chi connectivity index (χ1) is 9.38. The number of benzene rings is 1. The lowest BCUT2D eigenvalue weighted by atomic mass is 10.00. The largest absolute Gasteiger partial charge is 0.396 e. The number of amides is 2. The van der Waals surface area contributed by atoms with Crippen molar-refractivity contribution in [1.29, 1.82) is 0 Å². The predicted octanol–water partition coefficient (Wildman–Crippen LogP) is 2.21. The normalized spacial score (nSPS) is 13.7. The van der Waals surface area contributed by atoms with E-state index in [1.54, 1.807) is 7.11 Å². The number of urea groups is 1. The molecule has 0 aliphatic carbocycles. The van der Waals surface area contributed by atoms with E-state index in [-0.39, 0.29) is 12.6 Å². The van der Waals surface area contributed by atoms with Crippen LogP contribution in [0.3, 0.4) is 0 Å². The summed E-state index contributed by atoms with van der Waals surface area (Å²) < 4.78 is 5.10. The molecule has 20 heavy (non-hydrogen) atoms. The fourth-order valence-corrected chi connectivity index (χ4v) is 2.22. The summed E-state index contributed by atoms with van der Waals surface area (Å²) in [6, 6.07) is 5.56. The van der Waals surface area contributed by atoms with Gasteiger partial charge in [-0.1, -0.05) is 6.07 Å². The van der Waals surface area contributed by atoms with Crippen molar-refractivity contribution in [2.45, 2.75) is 32.7 Å². The molecule has 3 N–H and O–H groups in total. The maximum Gasteiger partial charge on any atom is 0.319 e. The van der Waals surface area contributed by atoms with Crippen molar-refractivity contribution in [3.05, 3.63) is 29.3 Å². The molecule has 0 spiro atoms. The minimum atomic E-state index is -0.591. The Morgan fingerprint density at radius 2 is 1.90 bits per heavy atom. The molecule has 1 rings (SSSR count). The van der Waals surface area contributed by atoms with Gasteiger partial charge in [-0.25, -0.2) is 4.79 Å². The number of aliphatic hydroxyl groups excluding tert-OH is 1. The Morgan fingerprint density at radius 1 is 1.30 bits per heavy atom. The first-order valence-electron chi connectivity index (χ1n) is 6.66. The van der Waals surface area contributed by atoms with Crippen molar-refractivity contribution in [2.75, 3.05) is 25.6 Å². The summed E-state index contributed by atoms with van der Waals surface area (Å²) in [6.07, 6.45) is 0.432. The van der Waals surface area contributed by atoms with Crippen LogP contribution in [-0.4, -0.2) is 37.0 Å². The molecule has 2 amide bonds. The second-order valence-corrected chi connectivity index (χ2v) is 5.42. The van der Waals surface area contributed by atoms with Gasteiger partial charge in [0.05, 0.1) is 12.1 Å². The summed E-state index contributed by atoms with van der Waals surface area (Å²) in [5.41, 5.74) is 2.35. The van der Waals surface area contributed by atoms with Crippen molar-refractivity contribution in [3.63, 3.8) is 0 Å². The molecule has 0 heterocycles. The maximum absolute atomic E-state index is 12.0. The molecule has 1 atom stereocenters. The second-order valence-electron chi connectivity index (χ2n) is 5.42. The number of carbonyl (C=O) groups excluding carboxylic acids is 1. The molecular weight excluding hydrogens is 256 g/mol. The molecule has 5 heteroatoms. The standard InChI is InChI=1S/C15H24N2O3/c1-11-7-12(2)9-13(8-11)16-14(19)17-15(3,5-6-18)10-20-4/h7-9,18H,5-6,10H2,1-4H3,(H2,16,17,19). The van der Waals surface area contributed by atoms with E-state index in [0.717, 1.165) is 16.8 Å². The molecule has 0 saturated carbocycles. The Balaban J connectivity index is 2.70. The van der Waals surface area contributed by atoms with Crippen LogP contribution >= 0.6 is 0 Å². The van der Waals surface area contributed by atoms with E-state index in [1.807, 2.05) is 39.0 Å². The number of rotatable bonds is 6. The smallest absolute Gasteiger partial charge is 0.319 e. The van der Waals surface area contributed by atoms with Crippen molar-refractivity contribution in [3.8, 4) is 0 Å². The van der Waals surface area contributed by atoms with E-state index >= 15 is 0 Å². The molecule has 1 aromatic carbocycles. The quantitative estimate of drug-likeness (QED) is 0.748. The van der Waals surface area contributed by atoms with Gasteiger partial charge in [-0.3, -0.25) is 0 Å². The molecule has 0 aromatic heterocycles. The van der Waals surface area contributed by atoms with Crippen LogP contribution < -0.4 is 10.6 Å². The fraction of sp³-hybridized carbons (Fsp3) is 0.533. The Kier molecular flexibility index (Phi) is 5.98. The molecule has 0 bridgehead atoms. The Bertz CT molecular complexity index is 434. The summed E-state index contributed by atoms with van der Waals surface area (Å²) in [5, 5.41) is 14.7. The number of hydrogen-bond acceptors (Lipinski definition) is 3. The second kappa shape index (κ2) is 7.26. The van der Waals surface area contributed by atoms with Crippen LogP contribution in [0.5, 0.6) is 0 Å². The van der Waals surface area contributed by atoms with Gasteiger partial charge in [-0.2, -0.15) is 0 Å². The maximum atomic E-state index is 12.0. The molecule has 0 radical (unpaired) electrons. The zero-order chi connectivity index (χ0) is 15.2. The zero-order valence-electron chi connectivity index (χ0n) is 12.6. The topological polar surface area (TPSA) is 70.6 Å². The third-order valence-corrected chi connectivity index (χ3v) is 3.02. The molecule has 112 valence electrons. The number of methoxy groups -OCH3 is 1. The minimum Gasteiger partial charge on any atom is -0.396 e. The minimum absolute atomic E-state index is 0.0102. The van der Waals surface area contributed by atoms with Gasteiger partial charge < -0.3 is 20.5 Å². The lowest BCUT2D eigenvalue weighted by molar-refractivity contribution is 0.104. The molecule has 1 aromatic rings. The molecular formula is C15H24N2O3. The summed E-state index contributed by atoms with van der Waals surface area (Å²) in [6.45, 7) is 6.14. The highest BCUT2D eigenvalue weighted by atomic mass is 16.5. The molecule has 0 fully saturated rings. The third-order valence-electron chi connectivity index (χ3n) is 3.02. The van der Waals surface area contributed by atoms with Gasteiger partial charge in [-0.15, -0.1) is 0 Å². The van der Waals surface area contributed by atoms with Gasteiger partial charge in [0.2, 0.25) is 0 Å². The van der Waals surface area contributed by atoms with Gasteiger partial charge in [-0.05, 0) is 50.5 Å². The van der Waals surface area contributed by atoms with Crippen LogP contribution in [-0.2, 0) is 4.74 Å². The van der Waals surface area contributed by atoms with Gasteiger partial charge in [0.25, 0.3) is 0 Å². The van der Waals surface area contributed by atoms with Gasteiger partial charge in [0.1, 0.15) is 0 Å². The van der Waals surface area contributed by atoms with Gasteiger partial charge in [0.15, 0.2) is 0 Å². The Morgan fingerprint density at radius 3 is 2.40 bits per heavy atom. The van der Waals surface area contributed by atoms with Crippen LogP contribution in [0.1, 0.15) is 24.5 Å². The summed E-state index contributed by atoms with van der Waals surface area (Å²) >= 11 is 0. The molecule has 0 saturated heterocycles. The number of anilines is 1. The van der Waals surface area contributed by atoms with E-state index < -0.39 is 5.54 Å². The van der Waals surface area contributed by atoms with Crippen LogP contribution in [0.25, 0.3) is 0 Å². The van der Waals surface area contributed by atoms with Crippen molar-refractivity contribution >= 4 is 11.7 Å². The summed E-state index contributed by atoms with van der Waals surface area (Å²) in [7, 11) is 1.57. The first kappa shape index (κ1) is 16.5. The molecule has 0 aliphatic rings. The van der Waals surface area contributed by atoms with Gasteiger partial charge in [0, 0.05) is 19.4 Å². The van der Waals surface area contributed by atoms with E-state index in [2.05, 4.69) is 10.6 Å². The van der Waals surface area contributed by atoms with Crippen LogP contribution in [0.2, 0.25) is 0 Å². The first-order valence-corrected chi connectivity index (χ1v) is 6.66. The van der Waals surface area contributed by atoms with Crippen molar-refractivity contribution in [2.24, 2.45) is 0 Å². The number of carbonyl (C=O) groups is 1. The average Bonchev–Trinajstić information content (AvgIpc) is 2.26. The number of ether oxygens (including phenoxy) is 1. The number of hydrogen-bond donors (Lipinski definition) is 3. The highest BCUT2D eigenvalue weighted by Gasteiger charge is 2.25. The average molecular weight is 280 g/mol. The SMILES string of the molecule is COCC(C)(CCO)NC(=O)Nc1cc(C)cc(C)c1. The predicted molar refractivity (Wildman–Crippen MR) is 80.1 cm³/mol. The van der Waals surface area contributed by atoms with Crippen LogP contribution in [0.15, 0.2) is 18.2 Å². The van der Waals surface area contributed by atoms with Crippen LogP contribution in [0.4, 0.5) is 10.5 Å². The van der Waals surface area contributed by atoms with Gasteiger partial charge >= 0.3 is 6.03 Å². The summed E-state index contributed by atoms with van der Waals surface area (Å²) in [4.78, 5) is 12.0. The summed E-state index contributed by atoms with van der Waals surface area (Å²) in [5.74, 6) is 0. The molecule has 5 nitrogen and oxygen atoms in total. The Hall–Kier alpha value is -1.59. The number of aliphatic hydroxyl groups is 1. The van der Waals surface area contributed by atoms with Crippen LogP contribution in [0, 0.1) is 13.8 Å². The number of nitrogens with one attached hydrogen (secondary N) is 2. The lowest BCUT2D eigenvalue weighted by Gasteiger charge is -2.29. The highest BCUT2D eigenvalue weighted by molar-refractivity contribution is 5.90. The zero-order valence-corrected chi connectivity index (χ0v) is 12.6. The van der Waals surface area contributed by atoms with Crippen molar-refractivity contribution < 1.29 is 14.6 Å². The molecule has 0 aliphatic heterocycles. The Labute approximate surface area is 120 Å². The third kappa shape index (κ3) is 5.19. The van der Waals surface area contributed by atoms with E-state index in [4.69, 9.17) is 9.84 Å². The van der Waals surface area contributed by atoms with Crippen molar-refractivity contribution in [1.82, 2.24) is 5.32 Å². The van der Waals surface area contributed by atoms with E-state index in [1.165, 1.54) is 0 Å². The monoisotopic (exact) mass is 280 g/mol. The number of aryl methyl sites for hydroxylation is 2. The van der Waals surface area contributed by atoms with E-state index in [0.29, 0.717) is 13.0 Å².